The summed E-state index contributed by atoms with van der Waals surface area (Å²) in [5.41, 5.74) is 4.18. The molecule has 0 radical (unpaired) electrons. The molecule has 1 atom stereocenters. The second-order valence-electron chi connectivity index (χ2n) is 5.82. The van der Waals surface area contributed by atoms with E-state index in [9.17, 15) is 4.79 Å². The Labute approximate surface area is 139 Å². The van der Waals surface area contributed by atoms with E-state index in [0.717, 1.165) is 27.6 Å². The highest BCUT2D eigenvalue weighted by atomic mass is 32.1. The van der Waals surface area contributed by atoms with E-state index in [1.165, 1.54) is 0 Å². The number of nitrogens with one attached hydrogen (secondary N) is 1. The van der Waals surface area contributed by atoms with Gasteiger partial charge in [0.2, 0.25) is 5.91 Å². The quantitative estimate of drug-likeness (QED) is 0.781. The minimum atomic E-state index is -0.0920. The number of nitrogens with zero attached hydrogens (tertiary/aromatic N) is 4. The van der Waals surface area contributed by atoms with Gasteiger partial charge in [-0.3, -0.25) is 13.9 Å². The van der Waals surface area contributed by atoms with Crippen LogP contribution in [0, 0.1) is 13.8 Å². The van der Waals surface area contributed by atoms with E-state index in [-0.39, 0.29) is 11.9 Å². The highest BCUT2D eigenvalue weighted by Crippen LogP contribution is 2.17. The number of imidazole rings is 1. The number of hydrogen-bond acceptors (Lipinski definition) is 4. The number of aromatic nitrogens is 4. The Bertz CT molecular complexity index is 816. The number of rotatable bonds is 5. The molecule has 0 aromatic carbocycles. The smallest absolute Gasteiger partial charge is 0.220 e. The van der Waals surface area contributed by atoms with Crippen molar-refractivity contribution >= 4 is 22.2 Å². The molecule has 0 aliphatic rings. The van der Waals surface area contributed by atoms with Gasteiger partial charge in [0.25, 0.3) is 0 Å². The molecule has 0 fully saturated rings. The first-order valence-electron chi connectivity index (χ1n) is 7.66. The molecule has 122 valence electrons. The molecule has 23 heavy (non-hydrogen) atoms. The standard InChI is InChI=1S/C16H21N5OS/c1-10-13(12(3)20(4)19-10)5-6-15(22)17-11(2)14-9-21-7-8-23-16(21)18-14/h7-9,11H,5-6H2,1-4H3,(H,17,22)/t11-/m0/s1. The van der Waals surface area contributed by atoms with Crippen LogP contribution < -0.4 is 5.32 Å². The molecule has 0 spiro atoms. The van der Waals surface area contributed by atoms with E-state index in [1.54, 1.807) is 11.3 Å². The number of aryl methyl sites for hydroxylation is 2. The topological polar surface area (TPSA) is 64.2 Å². The maximum atomic E-state index is 12.2. The van der Waals surface area contributed by atoms with Gasteiger partial charge in [0, 0.05) is 36.9 Å². The molecule has 0 unspecified atom stereocenters. The molecule has 6 nitrogen and oxygen atoms in total. The van der Waals surface area contributed by atoms with Crippen LogP contribution in [0.5, 0.6) is 0 Å². The van der Waals surface area contributed by atoms with Crippen molar-refractivity contribution < 1.29 is 4.79 Å². The zero-order chi connectivity index (χ0) is 16.6. The third-order valence-electron chi connectivity index (χ3n) is 4.19. The molecule has 0 aliphatic heterocycles. The highest BCUT2D eigenvalue weighted by molar-refractivity contribution is 7.15. The molecule has 0 saturated carbocycles. The normalized spacial score (nSPS) is 12.7. The molecule has 3 aromatic heterocycles. The molecular formula is C16H21N5OS. The summed E-state index contributed by atoms with van der Waals surface area (Å²) in [6.07, 6.45) is 5.10. The fraction of sp³-hybridized carbons (Fsp3) is 0.438. The van der Waals surface area contributed by atoms with E-state index in [4.69, 9.17) is 0 Å². The average Bonchev–Trinajstić information content (AvgIpc) is 3.13. The predicted octanol–water partition coefficient (Wildman–Crippen LogP) is 2.56. The Balaban J connectivity index is 1.59. The van der Waals surface area contributed by atoms with Gasteiger partial charge in [-0.05, 0) is 32.8 Å². The van der Waals surface area contributed by atoms with E-state index in [2.05, 4.69) is 15.4 Å². The summed E-state index contributed by atoms with van der Waals surface area (Å²) in [5.74, 6) is 0.0384. The Morgan fingerprint density at radius 2 is 2.22 bits per heavy atom. The largest absolute Gasteiger partial charge is 0.348 e. The number of thiazole rings is 1. The zero-order valence-corrected chi connectivity index (χ0v) is 14.6. The third-order valence-corrected chi connectivity index (χ3v) is 4.96. The first-order valence-corrected chi connectivity index (χ1v) is 8.54. The van der Waals surface area contributed by atoms with Crippen LogP contribution in [0.2, 0.25) is 0 Å². The van der Waals surface area contributed by atoms with Crippen LogP contribution in [0.25, 0.3) is 4.96 Å². The van der Waals surface area contributed by atoms with Crippen LogP contribution in [-0.4, -0.2) is 25.1 Å². The van der Waals surface area contributed by atoms with E-state index in [0.29, 0.717) is 12.8 Å². The van der Waals surface area contributed by atoms with Gasteiger partial charge in [-0.15, -0.1) is 11.3 Å². The Kier molecular flexibility index (Phi) is 4.21. The fourth-order valence-electron chi connectivity index (χ4n) is 2.76. The number of fused-ring (bicyclic) bond motifs is 1. The summed E-state index contributed by atoms with van der Waals surface area (Å²) >= 11 is 1.59. The lowest BCUT2D eigenvalue weighted by Gasteiger charge is -2.11. The minimum Gasteiger partial charge on any atom is -0.348 e. The van der Waals surface area contributed by atoms with Crippen molar-refractivity contribution in [2.24, 2.45) is 7.05 Å². The van der Waals surface area contributed by atoms with Gasteiger partial charge in [0.15, 0.2) is 4.96 Å². The second-order valence-corrected chi connectivity index (χ2v) is 6.69. The Morgan fingerprint density at radius 1 is 1.43 bits per heavy atom. The van der Waals surface area contributed by atoms with Crippen molar-refractivity contribution in [2.75, 3.05) is 0 Å². The average molecular weight is 331 g/mol. The molecule has 1 N–H and O–H groups in total. The molecule has 0 aliphatic carbocycles. The number of carbonyl (C=O) groups is 1. The van der Waals surface area contributed by atoms with Crippen LogP contribution in [0.3, 0.4) is 0 Å². The van der Waals surface area contributed by atoms with Gasteiger partial charge in [-0.2, -0.15) is 5.10 Å². The molecule has 1 amide bonds. The molecule has 7 heteroatoms. The van der Waals surface area contributed by atoms with Crippen molar-refractivity contribution in [3.63, 3.8) is 0 Å². The monoisotopic (exact) mass is 331 g/mol. The van der Waals surface area contributed by atoms with Crippen LogP contribution in [0.15, 0.2) is 17.8 Å². The van der Waals surface area contributed by atoms with Crippen LogP contribution in [0.1, 0.15) is 42.0 Å². The SMILES string of the molecule is Cc1nn(C)c(C)c1CCC(=O)N[C@@H](C)c1cn2ccsc2n1. The van der Waals surface area contributed by atoms with E-state index < -0.39 is 0 Å². The predicted molar refractivity (Wildman–Crippen MR) is 90.6 cm³/mol. The van der Waals surface area contributed by atoms with E-state index in [1.807, 2.05) is 54.7 Å². The summed E-state index contributed by atoms with van der Waals surface area (Å²) in [7, 11) is 1.93. The molecule has 3 aromatic rings. The van der Waals surface area contributed by atoms with Crippen molar-refractivity contribution in [3.8, 4) is 0 Å². The number of carbonyl (C=O) groups excluding carboxylic acids is 1. The summed E-state index contributed by atoms with van der Waals surface area (Å²) in [6, 6.07) is -0.0920. The summed E-state index contributed by atoms with van der Waals surface area (Å²) in [6.45, 7) is 5.99. The molecular weight excluding hydrogens is 310 g/mol. The van der Waals surface area contributed by atoms with Crippen molar-refractivity contribution in [1.82, 2.24) is 24.5 Å². The fourth-order valence-corrected chi connectivity index (χ4v) is 3.47. The highest BCUT2D eigenvalue weighted by Gasteiger charge is 2.15. The molecule has 3 rings (SSSR count). The summed E-state index contributed by atoms with van der Waals surface area (Å²) in [4.78, 5) is 17.7. The Hall–Kier alpha value is -2.15. The van der Waals surface area contributed by atoms with E-state index >= 15 is 0 Å². The Morgan fingerprint density at radius 3 is 2.87 bits per heavy atom. The first-order chi connectivity index (χ1) is 11.0. The van der Waals surface area contributed by atoms with Crippen molar-refractivity contribution in [2.45, 2.75) is 39.7 Å². The van der Waals surface area contributed by atoms with Gasteiger partial charge >= 0.3 is 0 Å². The van der Waals surface area contributed by atoms with Gasteiger partial charge in [0.05, 0.1) is 17.4 Å². The number of amides is 1. The number of hydrogen-bond donors (Lipinski definition) is 1. The first kappa shape index (κ1) is 15.7. The van der Waals surface area contributed by atoms with Gasteiger partial charge < -0.3 is 5.32 Å². The maximum Gasteiger partial charge on any atom is 0.220 e. The van der Waals surface area contributed by atoms with Crippen molar-refractivity contribution in [3.05, 3.63) is 40.4 Å². The van der Waals surface area contributed by atoms with Crippen LogP contribution in [-0.2, 0) is 18.3 Å². The molecule has 0 saturated heterocycles. The van der Waals surface area contributed by atoms with Gasteiger partial charge in [0.1, 0.15) is 0 Å². The van der Waals surface area contributed by atoms with Gasteiger partial charge in [-0.1, -0.05) is 0 Å². The second kappa shape index (κ2) is 6.16. The lowest BCUT2D eigenvalue weighted by atomic mass is 10.1. The lowest BCUT2D eigenvalue weighted by Crippen LogP contribution is -2.27. The molecule has 3 heterocycles. The third kappa shape index (κ3) is 3.14. The summed E-state index contributed by atoms with van der Waals surface area (Å²) in [5, 5.41) is 9.41. The van der Waals surface area contributed by atoms with Gasteiger partial charge in [-0.25, -0.2) is 4.98 Å². The zero-order valence-electron chi connectivity index (χ0n) is 13.8. The van der Waals surface area contributed by atoms with Crippen LogP contribution in [0.4, 0.5) is 0 Å². The van der Waals surface area contributed by atoms with Crippen molar-refractivity contribution in [1.29, 1.82) is 0 Å². The summed E-state index contributed by atoms with van der Waals surface area (Å²) < 4.78 is 3.84. The lowest BCUT2D eigenvalue weighted by molar-refractivity contribution is -0.121. The minimum absolute atomic E-state index is 0.0384. The van der Waals surface area contributed by atoms with Crippen LogP contribution >= 0.6 is 11.3 Å². The molecule has 0 bridgehead atoms. The maximum absolute atomic E-state index is 12.2.